The first-order chi connectivity index (χ1) is 6.45. The van der Waals surface area contributed by atoms with Crippen molar-refractivity contribution < 1.29 is 9.90 Å². The molecule has 0 heterocycles. The van der Waals surface area contributed by atoms with Crippen molar-refractivity contribution >= 4 is 34.9 Å². The molecule has 1 aromatic carbocycles. The van der Waals surface area contributed by atoms with Gasteiger partial charge in [-0.15, -0.1) is 0 Å². The lowest BCUT2D eigenvalue weighted by molar-refractivity contribution is -0.138. The second-order valence-electron chi connectivity index (χ2n) is 2.93. The third-order valence-corrected chi connectivity index (χ3v) is 2.89. The van der Waals surface area contributed by atoms with Gasteiger partial charge < -0.3 is 10.8 Å². The van der Waals surface area contributed by atoms with Crippen molar-refractivity contribution in [2.24, 2.45) is 0 Å². The fourth-order valence-corrected chi connectivity index (χ4v) is 1.55. The van der Waals surface area contributed by atoms with Gasteiger partial charge >= 0.3 is 5.97 Å². The van der Waals surface area contributed by atoms with Crippen LogP contribution in [-0.4, -0.2) is 11.1 Å². The van der Waals surface area contributed by atoms with Crippen molar-refractivity contribution in [2.45, 2.75) is 12.8 Å². The van der Waals surface area contributed by atoms with Gasteiger partial charge in [0.2, 0.25) is 0 Å². The molecule has 0 saturated carbocycles. The summed E-state index contributed by atoms with van der Waals surface area (Å²) in [6, 6.07) is 3.12. The lowest BCUT2D eigenvalue weighted by Gasteiger charge is -2.11. The number of nitrogen functional groups attached to an aromatic ring is 1. The van der Waals surface area contributed by atoms with Gasteiger partial charge in [0.1, 0.15) is 0 Å². The van der Waals surface area contributed by atoms with E-state index >= 15 is 0 Å². The van der Waals surface area contributed by atoms with E-state index in [1.807, 2.05) is 0 Å². The number of anilines is 1. The van der Waals surface area contributed by atoms with Gasteiger partial charge in [-0.05, 0) is 18.6 Å². The van der Waals surface area contributed by atoms with Crippen molar-refractivity contribution in [3.63, 3.8) is 0 Å². The third kappa shape index (κ3) is 1.94. The van der Waals surface area contributed by atoms with E-state index in [0.29, 0.717) is 11.3 Å². The van der Waals surface area contributed by atoms with Gasteiger partial charge in [0.25, 0.3) is 0 Å². The lowest BCUT2D eigenvalue weighted by Crippen LogP contribution is -2.08. The SMILES string of the molecule is CC(C(=O)O)c1ccc(N)c(Cl)c1Cl. The third-order valence-electron chi connectivity index (χ3n) is 1.98. The second-order valence-corrected chi connectivity index (χ2v) is 3.69. The van der Waals surface area contributed by atoms with E-state index in [1.165, 1.54) is 6.92 Å². The highest BCUT2D eigenvalue weighted by Gasteiger charge is 2.19. The van der Waals surface area contributed by atoms with Crippen LogP contribution in [0.3, 0.4) is 0 Å². The molecule has 1 rings (SSSR count). The molecule has 0 bridgehead atoms. The van der Waals surface area contributed by atoms with Crippen LogP contribution in [0.1, 0.15) is 18.4 Å². The molecule has 0 spiro atoms. The van der Waals surface area contributed by atoms with Crippen LogP contribution in [0.4, 0.5) is 5.69 Å². The molecule has 3 N–H and O–H groups in total. The van der Waals surface area contributed by atoms with Crippen molar-refractivity contribution in [1.82, 2.24) is 0 Å². The number of benzene rings is 1. The predicted octanol–water partition coefficient (Wildman–Crippen LogP) is 2.76. The molecule has 1 unspecified atom stereocenters. The Balaban J connectivity index is 3.24. The molecule has 0 aromatic heterocycles. The largest absolute Gasteiger partial charge is 0.481 e. The summed E-state index contributed by atoms with van der Waals surface area (Å²) < 4.78 is 0. The summed E-state index contributed by atoms with van der Waals surface area (Å²) in [5, 5.41) is 9.20. The molecule has 1 aromatic rings. The van der Waals surface area contributed by atoms with Crippen molar-refractivity contribution in [2.75, 3.05) is 5.73 Å². The van der Waals surface area contributed by atoms with Crippen LogP contribution < -0.4 is 5.73 Å². The minimum absolute atomic E-state index is 0.206. The van der Waals surface area contributed by atoms with Crippen LogP contribution in [0, 0.1) is 0 Å². The maximum atomic E-state index is 10.7. The zero-order valence-corrected chi connectivity index (χ0v) is 8.93. The first-order valence-corrected chi connectivity index (χ1v) is 4.67. The van der Waals surface area contributed by atoms with E-state index in [0.717, 1.165) is 0 Å². The number of hydrogen-bond donors (Lipinski definition) is 2. The van der Waals surface area contributed by atoms with Gasteiger partial charge in [-0.25, -0.2) is 0 Å². The molecule has 0 aliphatic carbocycles. The van der Waals surface area contributed by atoms with Gasteiger partial charge in [-0.2, -0.15) is 0 Å². The van der Waals surface area contributed by atoms with Gasteiger partial charge in [0.05, 0.1) is 21.7 Å². The number of carboxylic acid groups (broad SMARTS) is 1. The maximum Gasteiger partial charge on any atom is 0.310 e. The quantitative estimate of drug-likeness (QED) is 0.773. The zero-order valence-electron chi connectivity index (χ0n) is 7.42. The summed E-state index contributed by atoms with van der Waals surface area (Å²) in [6.07, 6.45) is 0. The standard InChI is InChI=1S/C9H9Cl2NO2/c1-4(9(13)14)5-2-3-6(12)8(11)7(5)10/h2-4H,12H2,1H3,(H,13,14). The molecule has 0 radical (unpaired) electrons. The summed E-state index contributed by atoms with van der Waals surface area (Å²) in [5.41, 5.74) is 6.32. The van der Waals surface area contributed by atoms with Gasteiger partial charge in [-0.1, -0.05) is 29.3 Å². The van der Waals surface area contributed by atoms with Crippen molar-refractivity contribution in [1.29, 1.82) is 0 Å². The maximum absolute atomic E-state index is 10.7. The first-order valence-electron chi connectivity index (χ1n) is 3.91. The fourth-order valence-electron chi connectivity index (χ4n) is 1.05. The molecule has 0 aliphatic heterocycles. The Morgan fingerprint density at radius 2 is 2.00 bits per heavy atom. The molecule has 0 fully saturated rings. The van der Waals surface area contributed by atoms with E-state index in [4.69, 9.17) is 34.0 Å². The normalized spacial score (nSPS) is 12.5. The van der Waals surface area contributed by atoms with Crippen LogP contribution in [0.25, 0.3) is 0 Å². The monoisotopic (exact) mass is 233 g/mol. The van der Waals surface area contributed by atoms with Gasteiger partial charge in [-0.3, -0.25) is 4.79 Å². The number of rotatable bonds is 2. The Morgan fingerprint density at radius 3 is 2.50 bits per heavy atom. The Labute approximate surface area is 91.4 Å². The second kappa shape index (κ2) is 4.07. The predicted molar refractivity (Wildman–Crippen MR) is 56.9 cm³/mol. The summed E-state index contributed by atoms with van der Waals surface area (Å²) in [5.74, 6) is -1.65. The number of carboxylic acids is 1. The highest BCUT2D eigenvalue weighted by molar-refractivity contribution is 6.44. The summed E-state index contributed by atoms with van der Waals surface area (Å²) >= 11 is 11.6. The van der Waals surface area contributed by atoms with Gasteiger partial charge in [0.15, 0.2) is 0 Å². The first kappa shape index (κ1) is 11.1. The average molecular weight is 234 g/mol. The van der Waals surface area contributed by atoms with E-state index in [9.17, 15) is 4.79 Å². The fraction of sp³-hybridized carbons (Fsp3) is 0.222. The van der Waals surface area contributed by atoms with Crippen LogP contribution >= 0.6 is 23.2 Å². The molecule has 5 heteroatoms. The summed E-state index contributed by atoms with van der Waals surface area (Å²) in [7, 11) is 0. The molecule has 76 valence electrons. The Kier molecular flexibility index (Phi) is 3.24. The lowest BCUT2D eigenvalue weighted by atomic mass is 10.0. The van der Waals surface area contributed by atoms with Crippen LogP contribution in [0.2, 0.25) is 10.0 Å². The average Bonchev–Trinajstić information content (AvgIpc) is 2.13. The Bertz CT molecular complexity index is 379. The summed E-state index contributed by atoms with van der Waals surface area (Å²) in [4.78, 5) is 10.7. The van der Waals surface area contributed by atoms with Crippen LogP contribution in [0.5, 0.6) is 0 Å². The molecule has 0 saturated heterocycles. The number of aliphatic carboxylic acids is 1. The van der Waals surface area contributed by atoms with E-state index in [1.54, 1.807) is 12.1 Å². The van der Waals surface area contributed by atoms with E-state index in [2.05, 4.69) is 0 Å². The molecule has 3 nitrogen and oxygen atoms in total. The molecule has 0 amide bonds. The topological polar surface area (TPSA) is 63.3 Å². The minimum atomic E-state index is -0.951. The molecule has 14 heavy (non-hydrogen) atoms. The highest BCUT2D eigenvalue weighted by atomic mass is 35.5. The van der Waals surface area contributed by atoms with E-state index in [-0.39, 0.29) is 10.0 Å². The van der Waals surface area contributed by atoms with Crippen LogP contribution in [-0.2, 0) is 4.79 Å². The van der Waals surface area contributed by atoms with Gasteiger partial charge in [0, 0.05) is 0 Å². The number of hydrogen-bond acceptors (Lipinski definition) is 2. The van der Waals surface area contributed by atoms with Crippen molar-refractivity contribution in [3.05, 3.63) is 27.7 Å². The molecular weight excluding hydrogens is 225 g/mol. The number of carbonyl (C=O) groups is 1. The number of halogens is 2. The summed E-state index contributed by atoms with van der Waals surface area (Å²) in [6.45, 7) is 1.54. The minimum Gasteiger partial charge on any atom is -0.481 e. The Hall–Kier alpha value is -0.930. The molecular formula is C9H9Cl2NO2. The molecule has 0 aliphatic rings. The highest BCUT2D eigenvalue weighted by Crippen LogP contribution is 2.34. The van der Waals surface area contributed by atoms with E-state index < -0.39 is 11.9 Å². The van der Waals surface area contributed by atoms with Crippen molar-refractivity contribution in [3.8, 4) is 0 Å². The van der Waals surface area contributed by atoms with Crippen LogP contribution in [0.15, 0.2) is 12.1 Å². The Morgan fingerprint density at radius 1 is 1.43 bits per heavy atom. The number of nitrogens with two attached hydrogens (primary N) is 1. The molecule has 1 atom stereocenters. The zero-order chi connectivity index (χ0) is 10.9. The smallest absolute Gasteiger partial charge is 0.310 e.